The third kappa shape index (κ3) is 4.77. The minimum atomic E-state index is -0.531. The Labute approximate surface area is 153 Å². The van der Waals surface area contributed by atoms with Gasteiger partial charge in [0.1, 0.15) is 23.1 Å². The van der Waals surface area contributed by atoms with Gasteiger partial charge in [0.2, 0.25) is 0 Å². The fourth-order valence-electron chi connectivity index (χ4n) is 2.32. The first-order valence-electron chi connectivity index (χ1n) is 8.00. The Kier molecular flexibility index (Phi) is 6.63. The zero-order valence-electron chi connectivity index (χ0n) is 15.0. The van der Waals surface area contributed by atoms with E-state index in [0.29, 0.717) is 23.7 Å². The minimum Gasteiger partial charge on any atom is -0.497 e. The lowest BCUT2D eigenvalue weighted by atomic mass is 10.1. The standard InChI is InChI=1S/C20H21N3O3/c1-14-6-4-5-7-15(14)12-22-13-16(11-21)20(24)23-18-10-17(25-2)8-9-19(18)26-3/h4-10,13,22H,12H2,1-3H3,(H,23,24)/b16-13-. The zero-order chi connectivity index (χ0) is 18.9. The summed E-state index contributed by atoms with van der Waals surface area (Å²) >= 11 is 0. The topological polar surface area (TPSA) is 83.4 Å². The molecule has 0 aliphatic rings. The number of methoxy groups -OCH3 is 2. The number of anilines is 1. The van der Waals surface area contributed by atoms with E-state index in [-0.39, 0.29) is 5.57 Å². The number of nitriles is 1. The average Bonchev–Trinajstić information content (AvgIpc) is 2.66. The van der Waals surface area contributed by atoms with Crippen LogP contribution in [0.3, 0.4) is 0 Å². The van der Waals surface area contributed by atoms with E-state index in [0.717, 1.165) is 11.1 Å². The molecule has 2 N–H and O–H groups in total. The van der Waals surface area contributed by atoms with Crippen LogP contribution in [-0.2, 0) is 11.3 Å². The van der Waals surface area contributed by atoms with Crippen LogP contribution in [-0.4, -0.2) is 20.1 Å². The highest BCUT2D eigenvalue weighted by Gasteiger charge is 2.13. The molecule has 134 valence electrons. The number of carbonyl (C=O) groups is 1. The van der Waals surface area contributed by atoms with Gasteiger partial charge in [0.25, 0.3) is 5.91 Å². The monoisotopic (exact) mass is 351 g/mol. The second-order valence-electron chi connectivity index (χ2n) is 5.50. The Morgan fingerprint density at radius 1 is 1.19 bits per heavy atom. The van der Waals surface area contributed by atoms with Crippen molar-refractivity contribution >= 4 is 11.6 Å². The summed E-state index contributed by atoms with van der Waals surface area (Å²) in [5, 5.41) is 15.0. The van der Waals surface area contributed by atoms with Crippen LogP contribution in [0.15, 0.2) is 54.2 Å². The van der Waals surface area contributed by atoms with Crippen molar-refractivity contribution in [2.75, 3.05) is 19.5 Å². The normalized spacial score (nSPS) is 10.6. The number of nitrogens with zero attached hydrogens (tertiary/aromatic N) is 1. The maximum atomic E-state index is 12.4. The highest BCUT2D eigenvalue weighted by Crippen LogP contribution is 2.29. The molecule has 0 aliphatic heterocycles. The summed E-state index contributed by atoms with van der Waals surface area (Å²) in [6.07, 6.45) is 1.41. The highest BCUT2D eigenvalue weighted by atomic mass is 16.5. The van der Waals surface area contributed by atoms with Crippen LogP contribution in [0, 0.1) is 18.3 Å². The molecule has 2 rings (SSSR count). The summed E-state index contributed by atoms with van der Waals surface area (Å²) in [5.41, 5.74) is 2.62. The van der Waals surface area contributed by atoms with Gasteiger partial charge >= 0.3 is 0 Å². The molecule has 0 fully saturated rings. The molecule has 2 aromatic carbocycles. The third-order valence-electron chi connectivity index (χ3n) is 3.82. The number of aryl methyl sites for hydroxylation is 1. The molecule has 0 bridgehead atoms. The van der Waals surface area contributed by atoms with E-state index in [1.165, 1.54) is 20.4 Å². The smallest absolute Gasteiger partial charge is 0.267 e. The molecule has 0 spiro atoms. The summed E-state index contributed by atoms with van der Waals surface area (Å²) in [7, 11) is 3.03. The minimum absolute atomic E-state index is 0.0385. The van der Waals surface area contributed by atoms with Crippen LogP contribution in [0.4, 0.5) is 5.69 Å². The number of amides is 1. The fraction of sp³-hybridized carbons (Fsp3) is 0.200. The summed E-state index contributed by atoms with van der Waals surface area (Å²) < 4.78 is 10.4. The van der Waals surface area contributed by atoms with Crippen LogP contribution in [0.1, 0.15) is 11.1 Å². The van der Waals surface area contributed by atoms with E-state index >= 15 is 0 Å². The molecule has 0 saturated heterocycles. The Hall–Kier alpha value is -3.46. The van der Waals surface area contributed by atoms with Gasteiger partial charge in [-0.2, -0.15) is 5.26 Å². The number of hydrogen-bond donors (Lipinski definition) is 2. The molecule has 26 heavy (non-hydrogen) atoms. The summed E-state index contributed by atoms with van der Waals surface area (Å²) in [4.78, 5) is 12.4. The second kappa shape index (κ2) is 9.14. The van der Waals surface area contributed by atoms with Gasteiger partial charge in [0, 0.05) is 18.8 Å². The van der Waals surface area contributed by atoms with Gasteiger partial charge in [-0.3, -0.25) is 4.79 Å². The predicted molar refractivity (Wildman–Crippen MR) is 99.9 cm³/mol. The second-order valence-corrected chi connectivity index (χ2v) is 5.50. The first-order valence-corrected chi connectivity index (χ1v) is 8.00. The van der Waals surface area contributed by atoms with E-state index in [1.807, 2.05) is 37.3 Å². The van der Waals surface area contributed by atoms with E-state index in [1.54, 1.807) is 18.2 Å². The molecule has 0 heterocycles. The maximum Gasteiger partial charge on any atom is 0.267 e. The van der Waals surface area contributed by atoms with E-state index in [4.69, 9.17) is 9.47 Å². The third-order valence-corrected chi connectivity index (χ3v) is 3.82. The molecule has 2 aromatic rings. The molecule has 1 amide bonds. The van der Waals surface area contributed by atoms with Crippen LogP contribution in [0.2, 0.25) is 0 Å². The van der Waals surface area contributed by atoms with Crippen LogP contribution in [0.25, 0.3) is 0 Å². The van der Waals surface area contributed by atoms with Crippen molar-refractivity contribution in [3.8, 4) is 17.6 Å². The van der Waals surface area contributed by atoms with E-state index in [2.05, 4.69) is 10.6 Å². The lowest BCUT2D eigenvalue weighted by Gasteiger charge is -2.11. The van der Waals surface area contributed by atoms with Crippen molar-refractivity contribution in [3.05, 3.63) is 65.4 Å². The Morgan fingerprint density at radius 2 is 1.96 bits per heavy atom. The Morgan fingerprint density at radius 3 is 2.62 bits per heavy atom. The van der Waals surface area contributed by atoms with Gasteiger partial charge in [-0.25, -0.2) is 0 Å². The number of ether oxygens (including phenoxy) is 2. The first kappa shape index (κ1) is 18.9. The number of hydrogen-bond acceptors (Lipinski definition) is 5. The molecule has 0 radical (unpaired) electrons. The summed E-state index contributed by atoms with van der Waals surface area (Å²) in [6, 6.07) is 14.8. The van der Waals surface area contributed by atoms with E-state index < -0.39 is 5.91 Å². The number of carbonyl (C=O) groups excluding carboxylic acids is 1. The largest absolute Gasteiger partial charge is 0.497 e. The molecule has 0 saturated carbocycles. The lowest BCUT2D eigenvalue weighted by molar-refractivity contribution is -0.112. The van der Waals surface area contributed by atoms with Crippen LogP contribution < -0.4 is 20.1 Å². The quantitative estimate of drug-likeness (QED) is 0.591. The first-order chi connectivity index (χ1) is 12.6. The number of nitrogens with one attached hydrogen (secondary N) is 2. The Balaban J connectivity index is 2.09. The molecule has 0 aliphatic carbocycles. The fourth-order valence-corrected chi connectivity index (χ4v) is 2.32. The average molecular weight is 351 g/mol. The van der Waals surface area contributed by atoms with Gasteiger partial charge in [-0.05, 0) is 30.2 Å². The number of benzene rings is 2. The predicted octanol–water partition coefficient (Wildman–Crippen LogP) is 3.15. The highest BCUT2D eigenvalue weighted by molar-refractivity contribution is 6.07. The van der Waals surface area contributed by atoms with Gasteiger partial charge in [-0.1, -0.05) is 24.3 Å². The molecule has 0 unspecified atom stereocenters. The SMILES string of the molecule is COc1ccc(OC)c(NC(=O)/C(C#N)=C\NCc2ccccc2C)c1. The van der Waals surface area contributed by atoms with Gasteiger partial charge in [0.15, 0.2) is 0 Å². The molecular weight excluding hydrogens is 330 g/mol. The molecule has 0 atom stereocenters. The van der Waals surface area contributed by atoms with Gasteiger partial charge in [0.05, 0.1) is 19.9 Å². The van der Waals surface area contributed by atoms with Crippen molar-refractivity contribution in [1.29, 1.82) is 5.26 Å². The van der Waals surface area contributed by atoms with Gasteiger partial charge < -0.3 is 20.1 Å². The molecule has 6 nitrogen and oxygen atoms in total. The van der Waals surface area contributed by atoms with Crippen molar-refractivity contribution in [3.63, 3.8) is 0 Å². The van der Waals surface area contributed by atoms with Crippen LogP contribution in [0.5, 0.6) is 11.5 Å². The summed E-state index contributed by atoms with van der Waals surface area (Å²) in [5.74, 6) is 0.516. The zero-order valence-corrected chi connectivity index (χ0v) is 15.0. The number of rotatable bonds is 7. The van der Waals surface area contributed by atoms with Crippen molar-refractivity contribution in [2.45, 2.75) is 13.5 Å². The van der Waals surface area contributed by atoms with Crippen molar-refractivity contribution in [2.24, 2.45) is 0 Å². The molecule has 0 aromatic heterocycles. The molecular formula is C20H21N3O3. The maximum absolute atomic E-state index is 12.4. The Bertz CT molecular complexity index is 854. The van der Waals surface area contributed by atoms with Crippen molar-refractivity contribution in [1.82, 2.24) is 5.32 Å². The van der Waals surface area contributed by atoms with Gasteiger partial charge in [-0.15, -0.1) is 0 Å². The lowest BCUT2D eigenvalue weighted by Crippen LogP contribution is -2.17. The summed E-state index contributed by atoms with van der Waals surface area (Å²) in [6.45, 7) is 2.53. The van der Waals surface area contributed by atoms with Crippen LogP contribution >= 0.6 is 0 Å². The van der Waals surface area contributed by atoms with E-state index in [9.17, 15) is 10.1 Å². The molecule has 6 heteroatoms. The van der Waals surface area contributed by atoms with Crippen molar-refractivity contribution < 1.29 is 14.3 Å².